The lowest BCUT2D eigenvalue weighted by Crippen LogP contribution is -2.04. The lowest BCUT2D eigenvalue weighted by molar-refractivity contribution is 0.559. The third-order valence-corrected chi connectivity index (χ3v) is 4.43. The Labute approximate surface area is 136 Å². The number of aryl methyl sites for hydroxylation is 3. The third-order valence-electron chi connectivity index (χ3n) is 4.43. The normalized spacial score (nSPS) is 11.1. The van der Waals surface area contributed by atoms with Gasteiger partial charge in [-0.25, -0.2) is 4.79 Å². The second kappa shape index (κ2) is 6.41. The van der Waals surface area contributed by atoms with E-state index in [9.17, 15) is 4.79 Å². The van der Waals surface area contributed by atoms with Crippen LogP contribution < -0.4 is 5.63 Å². The monoisotopic (exact) mass is 306 g/mol. The summed E-state index contributed by atoms with van der Waals surface area (Å²) < 4.78 is 5.67. The second-order valence-electron chi connectivity index (χ2n) is 5.88. The largest absolute Gasteiger partial charge is 0.422 e. The van der Waals surface area contributed by atoms with Gasteiger partial charge in [-0.3, -0.25) is 0 Å². The molecule has 3 rings (SSSR count). The van der Waals surface area contributed by atoms with Crippen LogP contribution in [-0.2, 0) is 19.3 Å². The lowest BCUT2D eigenvalue weighted by atomic mass is 9.99. The van der Waals surface area contributed by atoms with Gasteiger partial charge in [-0.05, 0) is 53.6 Å². The predicted molar refractivity (Wildman–Crippen MR) is 96.1 cm³/mol. The molecule has 0 aliphatic carbocycles. The molecule has 0 aliphatic heterocycles. The van der Waals surface area contributed by atoms with E-state index in [0.717, 1.165) is 41.4 Å². The Bertz CT molecular complexity index is 886. The molecule has 0 fully saturated rings. The molecule has 3 aromatic rings. The van der Waals surface area contributed by atoms with Gasteiger partial charge in [0.15, 0.2) is 0 Å². The molecule has 0 saturated carbocycles. The first-order valence-electron chi connectivity index (χ1n) is 8.35. The molecule has 0 spiro atoms. The number of hydrogen-bond acceptors (Lipinski definition) is 2. The molecule has 0 radical (unpaired) electrons. The van der Waals surface area contributed by atoms with Crippen molar-refractivity contribution in [2.24, 2.45) is 0 Å². The van der Waals surface area contributed by atoms with E-state index < -0.39 is 0 Å². The van der Waals surface area contributed by atoms with Crippen molar-refractivity contribution in [2.45, 2.75) is 40.0 Å². The van der Waals surface area contributed by atoms with Gasteiger partial charge in [-0.1, -0.05) is 51.1 Å². The van der Waals surface area contributed by atoms with Crippen LogP contribution in [0.5, 0.6) is 0 Å². The molecule has 0 atom stereocenters. The highest BCUT2D eigenvalue weighted by Gasteiger charge is 2.11. The molecule has 0 amide bonds. The first-order valence-corrected chi connectivity index (χ1v) is 8.35. The number of benzene rings is 2. The zero-order chi connectivity index (χ0) is 16.4. The van der Waals surface area contributed by atoms with Crippen molar-refractivity contribution >= 4 is 11.0 Å². The summed E-state index contributed by atoms with van der Waals surface area (Å²) in [5.74, 6) is 0. The maximum Gasteiger partial charge on any atom is 0.344 e. The van der Waals surface area contributed by atoms with Gasteiger partial charge in [0, 0.05) is 5.39 Å². The van der Waals surface area contributed by atoms with Crippen molar-refractivity contribution < 1.29 is 4.42 Å². The van der Waals surface area contributed by atoms with E-state index in [4.69, 9.17) is 4.42 Å². The van der Waals surface area contributed by atoms with E-state index in [-0.39, 0.29) is 5.63 Å². The minimum Gasteiger partial charge on any atom is -0.422 e. The summed E-state index contributed by atoms with van der Waals surface area (Å²) in [4.78, 5) is 12.4. The molecule has 0 N–H and O–H groups in total. The van der Waals surface area contributed by atoms with Gasteiger partial charge in [-0.15, -0.1) is 0 Å². The number of fused-ring (bicyclic) bond motifs is 1. The predicted octanol–water partition coefficient (Wildman–Crippen LogP) is 5.15. The van der Waals surface area contributed by atoms with E-state index in [1.54, 1.807) is 0 Å². The molecular weight excluding hydrogens is 284 g/mol. The third kappa shape index (κ3) is 2.94. The average Bonchev–Trinajstić information content (AvgIpc) is 2.60. The summed E-state index contributed by atoms with van der Waals surface area (Å²) in [6.07, 6.45) is 2.83. The van der Waals surface area contributed by atoms with E-state index >= 15 is 0 Å². The summed E-state index contributed by atoms with van der Waals surface area (Å²) in [5, 5.41) is 1.01. The van der Waals surface area contributed by atoms with E-state index in [2.05, 4.69) is 45.0 Å². The SMILES string of the molecule is CCc1ccc(-c2cc3cc(CC)cc(CC)c3oc2=O)cc1. The molecule has 23 heavy (non-hydrogen) atoms. The second-order valence-corrected chi connectivity index (χ2v) is 5.88. The van der Waals surface area contributed by atoms with Crippen LogP contribution in [0.4, 0.5) is 0 Å². The van der Waals surface area contributed by atoms with Crippen molar-refractivity contribution in [1.29, 1.82) is 0 Å². The standard InChI is InChI=1S/C21H22O2/c1-4-14-7-9-17(10-8-14)19-13-18-12-15(5-2)11-16(6-3)20(18)23-21(19)22/h7-13H,4-6H2,1-3H3. The Balaban J connectivity index is 2.21. The quantitative estimate of drug-likeness (QED) is 0.624. The highest BCUT2D eigenvalue weighted by Crippen LogP contribution is 2.26. The van der Waals surface area contributed by atoms with Crippen molar-refractivity contribution in [3.63, 3.8) is 0 Å². The van der Waals surface area contributed by atoms with Crippen LogP contribution in [0.25, 0.3) is 22.1 Å². The van der Waals surface area contributed by atoms with Gasteiger partial charge in [-0.2, -0.15) is 0 Å². The maximum absolute atomic E-state index is 12.4. The Morgan fingerprint density at radius 1 is 0.826 bits per heavy atom. The fraction of sp³-hybridized carbons (Fsp3) is 0.286. The van der Waals surface area contributed by atoms with E-state index in [1.807, 2.05) is 18.2 Å². The van der Waals surface area contributed by atoms with E-state index in [0.29, 0.717) is 5.56 Å². The summed E-state index contributed by atoms with van der Waals surface area (Å²) in [6.45, 7) is 6.35. The molecule has 1 aromatic heterocycles. The van der Waals surface area contributed by atoms with Crippen LogP contribution in [0.2, 0.25) is 0 Å². The van der Waals surface area contributed by atoms with Crippen LogP contribution in [0.1, 0.15) is 37.5 Å². The molecule has 1 heterocycles. The van der Waals surface area contributed by atoms with E-state index in [1.165, 1.54) is 11.1 Å². The van der Waals surface area contributed by atoms with Gasteiger partial charge in [0.2, 0.25) is 0 Å². The van der Waals surface area contributed by atoms with Gasteiger partial charge in [0.25, 0.3) is 0 Å². The lowest BCUT2D eigenvalue weighted by Gasteiger charge is -2.09. The highest BCUT2D eigenvalue weighted by atomic mass is 16.4. The maximum atomic E-state index is 12.4. The molecule has 0 unspecified atom stereocenters. The van der Waals surface area contributed by atoms with Crippen molar-refractivity contribution in [3.05, 3.63) is 69.6 Å². The van der Waals surface area contributed by atoms with Crippen LogP contribution in [0.15, 0.2) is 51.7 Å². The molecule has 2 heteroatoms. The van der Waals surface area contributed by atoms with Crippen molar-refractivity contribution in [1.82, 2.24) is 0 Å². The Morgan fingerprint density at radius 3 is 2.13 bits per heavy atom. The average molecular weight is 306 g/mol. The number of hydrogen-bond donors (Lipinski definition) is 0. The first-order chi connectivity index (χ1) is 11.2. The smallest absolute Gasteiger partial charge is 0.344 e. The number of rotatable bonds is 4. The van der Waals surface area contributed by atoms with Crippen LogP contribution in [-0.4, -0.2) is 0 Å². The molecule has 0 saturated heterocycles. The Hall–Kier alpha value is -2.35. The van der Waals surface area contributed by atoms with Crippen molar-refractivity contribution in [3.8, 4) is 11.1 Å². The molecule has 0 aliphatic rings. The summed E-state index contributed by atoms with van der Waals surface area (Å²) in [6, 6.07) is 14.4. The molecule has 118 valence electrons. The van der Waals surface area contributed by atoms with Crippen LogP contribution in [0, 0.1) is 0 Å². The van der Waals surface area contributed by atoms with Gasteiger partial charge >= 0.3 is 5.63 Å². The molecular formula is C21H22O2. The minimum atomic E-state index is -0.263. The van der Waals surface area contributed by atoms with Gasteiger partial charge in [0.1, 0.15) is 5.58 Å². The molecule has 2 nitrogen and oxygen atoms in total. The Morgan fingerprint density at radius 2 is 1.52 bits per heavy atom. The summed E-state index contributed by atoms with van der Waals surface area (Å²) in [7, 11) is 0. The topological polar surface area (TPSA) is 30.2 Å². The fourth-order valence-electron chi connectivity index (χ4n) is 2.96. The van der Waals surface area contributed by atoms with Gasteiger partial charge < -0.3 is 4.42 Å². The Kier molecular flexibility index (Phi) is 4.33. The highest BCUT2D eigenvalue weighted by molar-refractivity contribution is 5.84. The molecule has 0 bridgehead atoms. The van der Waals surface area contributed by atoms with Crippen molar-refractivity contribution in [2.75, 3.05) is 0 Å². The van der Waals surface area contributed by atoms with Gasteiger partial charge in [0.05, 0.1) is 5.56 Å². The summed E-state index contributed by atoms with van der Waals surface area (Å²) >= 11 is 0. The molecule has 2 aromatic carbocycles. The minimum absolute atomic E-state index is 0.263. The summed E-state index contributed by atoms with van der Waals surface area (Å²) in [5.41, 5.74) is 5.65. The zero-order valence-electron chi connectivity index (χ0n) is 14.0. The van der Waals surface area contributed by atoms with Crippen LogP contribution >= 0.6 is 0 Å². The first kappa shape index (κ1) is 15.5. The zero-order valence-corrected chi connectivity index (χ0v) is 14.0. The fourth-order valence-corrected chi connectivity index (χ4v) is 2.96. The van der Waals surface area contributed by atoms with Crippen LogP contribution in [0.3, 0.4) is 0 Å².